The first-order chi connectivity index (χ1) is 19.8. The summed E-state index contributed by atoms with van der Waals surface area (Å²) in [6.07, 6.45) is 1.52. The van der Waals surface area contributed by atoms with E-state index in [0.717, 1.165) is 22.3 Å². The van der Waals surface area contributed by atoms with Crippen LogP contribution in [0.25, 0.3) is 44.6 Å². The molecule has 0 amide bonds. The number of hydrogen-bond donors (Lipinski definition) is 2. The molecule has 2 aromatic heterocycles. The second-order valence-corrected chi connectivity index (χ2v) is 13.8. The third kappa shape index (κ3) is 5.59. The number of rotatable bonds is 10. The molecule has 0 aliphatic heterocycles. The van der Waals surface area contributed by atoms with E-state index in [9.17, 15) is 25.9 Å². The third-order valence-corrected chi connectivity index (χ3v) is 9.77. The lowest BCUT2D eigenvalue weighted by molar-refractivity contribution is 0.434. The minimum atomic E-state index is -4.47. The Morgan fingerprint density at radius 3 is 1.93 bits per heavy atom. The molecule has 2 atom stereocenters. The second-order valence-electron chi connectivity index (χ2n) is 10.6. The van der Waals surface area contributed by atoms with Crippen LogP contribution in [-0.4, -0.2) is 45.0 Å². The highest BCUT2D eigenvalue weighted by Gasteiger charge is 2.30. The van der Waals surface area contributed by atoms with Gasteiger partial charge in [0.2, 0.25) is 0 Å². The lowest BCUT2D eigenvalue weighted by Gasteiger charge is -2.19. The fourth-order valence-electron chi connectivity index (χ4n) is 5.63. The monoisotopic (exact) mass is 610 g/mol. The zero-order valence-corrected chi connectivity index (χ0v) is 25.5. The molecule has 0 aliphatic carbocycles. The molecule has 0 radical (unpaired) electrons. The molecule has 10 nitrogen and oxygen atoms in total. The zero-order chi connectivity index (χ0) is 30.4. The van der Waals surface area contributed by atoms with E-state index >= 15 is 0 Å². The molecule has 0 spiro atoms. The van der Waals surface area contributed by atoms with Crippen molar-refractivity contribution >= 4 is 42.3 Å². The molecule has 2 heterocycles. The summed E-state index contributed by atoms with van der Waals surface area (Å²) < 4.78 is 73.1. The molecule has 5 rings (SSSR count). The Morgan fingerprint density at radius 1 is 0.690 bits per heavy atom. The van der Waals surface area contributed by atoms with Gasteiger partial charge < -0.3 is 9.13 Å². The minimum Gasteiger partial charge on any atom is -0.308 e. The van der Waals surface area contributed by atoms with E-state index in [1.54, 1.807) is 22.1 Å². The topological polar surface area (TPSA) is 144 Å². The molecule has 2 N–H and O–H groups in total. The predicted octanol–water partition coefficient (Wildman–Crippen LogP) is 6.71. The van der Waals surface area contributed by atoms with E-state index in [0.29, 0.717) is 46.6 Å². The molecular weight excluding hydrogens is 576 g/mol. The highest BCUT2D eigenvalue weighted by molar-refractivity contribution is 7.86. The van der Waals surface area contributed by atoms with E-state index < -0.39 is 31.0 Å². The van der Waals surface area contributed by atoms with Crippen molar-refractivity contribution in [3.8, 4) is 22.5 Å². The lowest BCUT2D eigenvalue weighted by atomic mass is 10.0. The highest BCUT2D eigenvalue weighted by Crippen LogP contribution is 2.36. The molecule has 12 heteroatoms. The Hall–Kier alpha value is -3.58. The van der Waals surface area contributed by atoms with Crippen LogP contribution in [0.1, 0.15) is 61.7 Å². The quantitative estimate of drug-likeness (QED) is 0.166. The van der Waals surface area contributed by atoms with Crippen molar-refractivity contribution in [3.63, 3.8) is 0 Å². The van der Waals surface area contributed by atoms with Crippen LogP contribution in [0.5, 0.6) is 0 Å². The minimum absolute atomic E-state index is 0.197. The molecule has 2 unspecified atom stereocenters. The number of fused-ring (bicyclic) bond motifs is 2. The normalized spacial score (nSPS) is 14.0. The molecule has 0 saturated carbocycles. The Kier molecular flexibility index (Phi) is 8.01. The molecule has 42 heavy (non-hydrogen) atoms. The van der Waals surface area contributed by atoms with Gasteiger partial charge in [0.05, 0.1) is 22.1 Å². The Morgan fingerprint density at radius 2 is 1.31 bits per heavy atom. The fraction of sp³-hybridized carbons (Fsp3) is 0.333. The summed E-state index contributed by atoms with van der Waals surface area (Å²) in [6.45, 7) is 7.36. The second kappa shape index (κ2) is 11.3. The van der Waals surface area contributed by atoms with Crippen LogP contribution in [0.15, 0.2) is 60.7 Å². The van der Waals surface area contributed by atoms with E-state index in [1.807, 2.05) is 75.4 Å². The van der Waals surface area contributed by atoms with Crippen LogP contribution in [0.2, 0.25) is 0 Å². The number of aryl methyl sites for hydroxylation is 2. The smallest absolute Gasteiger partial charge is 0.286 e. The number of nitrogens with zero attached hydrogens (tertiary/aromatic N) is 4. The lowest BCUT2D eigenvalue weighted by Crippen LogP contribution is -2.20. The van der Waals surface area contributed by atoms with Gasteiger partial charge in [-0.3, -0.25) is 9.11 Å². The Balaban J connectivity index is 1.70. The van der Waals surface area contributed by atoms with Crippen molar-refractivity contribution in [2.75, 3.05) is 0 Å². The number of hydrogen-bond acceptors (Lipinski definition) is 6. The maximum atomic E-state index is 12.7. The molecule has 0 aliphatic rings. The van der Waals surface area contributed by atoms with Crippen LogP contribution in [0, 0.1) is 13.8 Å². The first-order valence-corrected chi connectivity index (χ1v) is 16.8. The molecule has 0 saturated heterocycles. The van der Waals surface area contributed by atoms with Crippen molar-refractivity contribution in [2.24, 2.45) is 0 Å². The Labute approximate surface area is 245 Å². The van der Waals surface area contributed by atoms with Gasteiger partial charge in [0, 0.05) is 5.56 Å². The SMILES string of the molecule is CCCC(n1c(C)nc2cc(-c3ccc4nc(-c5cccc(C)c5)n(C(CCC)S(=O)(=O)O)c4c3)ccc21)S(=O)(=O)O. The maximum absolute atomic E-state index is 12.7. The van der Waals surface area contributed by atoms with E-state index in [1.165, 1.54) is 0 Å². The van der Waals surface area contributed by atoms with Gasteiger partial charge in [0.15, 0.2) is 10.7 Å². The van der Waals surface area contributed by atoms with Gasteiger partial charge in [-0.15, -0.1) is 0 Å². The number of benzene rings is 3. The summed E-state index contributed by atoms with van der Waals surface area (Å²) in [6, 6.07) is 18.6. The van der Waals surface area contributed by atoms with Gasteiger partial charge in [0.1, 0.15) is 11.6 Å². The molecule has 0 bridgehead atoms. The van der Waals surface area contributed by atoms with Gasteiger partial charge in [0.25, 0.3) is 20.2 Å². The zero-order valence-electron chi connectivity index (χ0n) is 23.9. The van der Waals surface area contributed by atoms with Crippen LogP contribution in [0.3, 0.4) is 0 Å². The van der Waals surface area contributed by atoms with Crippen molar-refractivity contribution in [2.45, 2.75) is 64.1 Å². The van der Waals surface area contributed by atoms with Crippen molar-refractivity contribution < 1.29 is 25.9 Å². The molecule has 3 aromatic carbocycles. The molecule has 0 fully saturated rings. The van der Waals surface area contributed by atoms with Gasteiger partial charge in [-0.2, -0.15) is 16.8 Å². The first-order valence-electron chi connectivity index (χ1n) is 13.8. The summed E-state index contributed by atoms with van der Waals surface area (Å²) >= 11 is 0. The predicted molar refractivity (Wildman–Crippen MR) is 164 cm³/mol. The Bertz CT molecular complexity index is 2010. The fourth-order valence-corrected chi connectivity index (χ4v) is 7.71. The average Bonchev–Trinajstić information content (AvgIpc) is 3.45. The van der Waals surface area contributed by atoms with Crippen molar-refractivity contribution in [3.05, 3.63) is 72.1 Å². The number of aromatic nitrogens is 4. The molecular formula is C30H34N4O6S2. The highest BCUT2D eigenvalue weighted by atomic mass is 32.2. The van der Waals surface area contributed by atoms with Crippen LogP contribution < -0.4 is 0 Å². The van der Waals surface area contributed by atoms with Crippen LogP contribution >= 0.6 is 0 Å². The van der Waals surface area contributed by atoms with Gasteiger partial charge in [-0.1, -0.05) is 62.6 Å². The summed E-state index contributed by atoms with van der Waals surface area (Å²) in [4.78, 5) is 9.38. The van der Waals surface area contributed by atoms with Gasteiger partial charge >= 0.3 is 0 Å². The van der Waals surface area contributed by atoms with Gasteiger partial charge in [-0.05, 0) is 68.1 Å². The molecule has 5 aromatic rings. The molecule has 222 valence electrons. The van der Waals surface area contributed by atoms with E-state index in [2.05, 4.69) is 4.98 Å². The van der Waals surface area contributed by atoms with E-state index in [4.69, 9.17) is 4.98 Å². The first kappa shape index (κ1) is 29.9. The van der Waals surface area contributed by atoms with Crippen LogP contribution in [-0.2, 0) is 20.2 Å². The standard InChI is InChI=1S/C30H34N4O6S2/c1-5-8-28(41(35,36)37)33-20(4)31-25-17-21(13-15-26(25)33)22-12-14-24-27(18-22)34(29(9-6-2)42(38,39)40)30(32-24)23-11-7-10-19(3)16-23/h7,10-18,28-29H,5-6,8-9H2,1-4H3,(H,35,36,37)(H,38,39,40). The van der Waals surface area contributed by atoms with Gasteiger partial charge in [-0.25, -0.2) is 9.97 Å². The summed E-state index contributed by atoms with van der Waals surface area (Å²) in [5, 5.41) is -2.37. The largest absolute Gasteiger partial charge is 0.308 e. The van der Waals surface area contributed by atoms with Crippen molar-refractivity contribution in [1.82, 2.24) is 19.1 Å². The summed E-state index contributed by atoms with van der Waals surface area (Å²) in [5.74, 6) is 0.907. The van der Waals surface area contributed by atoms with Crippen molar-refractivity contribution in [1.29, 1.82) is 0 Å². The van der Waals surface area contributed by atoms with E-state index in [-0.39, 0.29) is 12.8 Å². The van der Waals surface area contributed by atoms with Crippen LogP contribution in [0.4, 0.5) is 0 Å². The maximum Gasteiger partial charge on any atom is 0.286 e. The summed E-state index contributed by atoms with van der Waals surface area (Å²) in [7, 11) is -8.83. The third-order valence-electron chi connectivity index (χ3n) is 7.50. The average molecular weight is 611 g/mol. The number of imidazole rings is 2. The summed E-state index contributed by atoms with van der Waals surface area (Å²) in [5.41, 5.74) is 5.54.